The molecule has 1 atom stereocenters. The average Bonchev–Trinajstić information content (AvgIpc) is 2.59. The first-order valence-corrected chi connectivity index (χ1v) is 8.33. The van der Waals surface area contributed by atoms with Crippen LogP contribution in [0.25, 0.3) is 5.57 Å². The fourth-order valence-electron chi connectivity index (χ4n) is 2.78. The van der Waals surface area contributed by atoms with Crippen molar-refractivity contribution < 1.29 is 9.53 Å². The second-order valence-electron chi connectivity index (χ2n) is 5.93. The molecule has 22 heavy (non-hydrogen) atoms. The molecule has 2 rings (SSSR count). The van der Waals surface area contributed by atoms with Gasteiger partial charge in [-0.15, -0.1) is 0 Å². The zero-order chi connectivity index (χ0) is 15.8. The smallest absolute Gasteiger partial charge is 0.246 e. The van der Waals surface area contributed by atoms with E-state index in [2.05, 4.69) is 19.1 Å². The van der Waals surface area contributed by atoms with E-state index in [1.807, 2.05) is 25.2 Å². The van der Waals surface area contributed by atoms with Gasteiger partial charge >= 0.3 is 0 Å². The molecule has 1 aliphatic heterocycles. The summed E-state index contributed by atoms with van der Waals surface area (Å²) in [6.45, 7) is 3.71. The Morgan fingerprint density at radius 2 is 2.09 bits per heavy atom. The number of ether oxygens (including phenoxy) is 1. The minimum atomic E-state index is 0.0801. The average molecular weight is 301 g/mol. The Morgan fingerprint density at radius 3 is 2.73 bits per heavy atom. The zero-order valence-electron chi connectivity index (χ0n) is 13.8. The molecule has 0 bridgehead atoms. The van der Waals surface area contributed by atoms with Gasteiger partial charge in [0, 0.05) is 26.3 Å². The van der Waals surface area contributed by atoms with E-state index < -0.39 is 0 Å². The quantitative estimate of drug-likeness (QED) is 0.746. The molecule has 1 aromatic rings. The van der Waals surface area contributed by atoms with Gasteiger partial charge in [0.2, 0.25) is 5.91 Å². The number of nitrogens with zero attached hydrogens (tertiary/aromatic N) is 1. The maximum absolute atomic E-state index is 12.4. The van der Waals surface area contributed by atoms with Gasteiger partial charge in [0.15, 0.2) is 0 Å². The summed E-state index contributed by atoms with van der Waals surface area (Å²) in [5.41, 5.74) is 2.22. The Labute approximate surface area is 134 Å². The summed E-state index contributed by atoms with van der Waals surface area (Å²) in [4.78, 5) is 14.2. The molecular weight excluding hydrogens is 274 g/mol. The summed E-state index contributed by atoms with van der Waals surface area (Å²) in [6.07, 6.45) is 7.44. The van der Waals surface area contributed by atoms with Crippen molar-refractivity contribution in [3.8, 4) is 0 Å². The van der Waals surface area contributed by atoms with Crippen molar-refractivity contribution in [3.05, 3.63) is 42.0 Å². The van der Waals surface area contributed by atoms with Gasteiger partial charge in [-0.05, 0) is 43.2 Å². The van der Waals surface area contributed by atoms with Crippen molar-refractivity contribution in [3.63, 3.8) is 0 Å². The van der Waals surface area contributed by atoms with Crippen LogP contribution in [0.2, 0.25) is 0 Å². The first-order valence-electron chi connectivity index (χ1n) is 8.33. The molecule has 0 N–H and O–H groups in total. The van der Waals surface area contributed by atoms with Gasteiger partial charge in [-0.3, -0.25) is 4.79 Å². The number of likely N-dealkylation sites (N-methyl/N-ethyl adjacent to an activating group) is 1. The molecule has 1 amide bonds. The number of benzene rings is 1. The second-order valence-corrected chi connectivity index (χ2v) is 5.93. The molecule has 0 saturated carbocycles. The Bertz CT molecular complexity index is 489. The molecule has 1 unspecified atom stereocenters. The molecule has 1 aliphatic rings. The fraction of sp³-hybridized carbons (Fsp3) is 0.526. The normalized spacial score (nSPS) is 19.0. The van der Waals surface area contributed by atoms with E-state index in [-0.39, 0.29) is 5.91 Å². The summed E-state index contributed by atoms with van der Waals surface area (Å²) in [5.74, 6) is 0.0801. The molecule has 1 heterocycles. The summed E-state index contributed by atoms with van der Waals surface area (Å²) in [6, 6.07) is 10.1. The highest BCUT2D eigenvalue weighted by molar-refractivity contribution is 5.95. The number of carbonyl (C=O) groups is 1. The third-order valence-electron chi connectivity index (χ3n) is 4.26. The van der Waals surface area contributed by atoms with Gasteiger partial charge < -0.3 is 9.64 Å². The number of rotatable bonds is 6. The summed E-state index contributed by atoms with van der Waals surface area (Å²) < 4.78 is 5.73. The molecule has 0 radical (unpaired) electrons. The first kappa shape index (κ1) is 16.8. The highest BCUT2D eigenvalue weighted by atomic mass is 16.5. The summed E-state index contributed by atoms with van der Waals surface area (Å²) in [7, 11) is 1.87. The number of hydrogen-bond donors (Lipinski definition) is 0. The monoisotopic (exact) mass is 301 g/mol. The van der Waals surface area contributed by atoms with Crippen LogP contribution in [0.1, 0.15) is 44.6 Å². The van der Waals surface area contributed by atoms with Gasteiger partial charge in [-0.1, -0.05) is 37.3 Å². The van der Waals surface area contributed by atoms with Crippen LogP contribution in [0, 0.1) is 0 Å². The topological polar surface area (TPSA) is 29.5 Å². The molecule has 1 saturated heterocycles. The molecule has 0 spiro atoms. The Balaban J connectivity index is 1.90. The van der Waals surface area contributed by atoms with E-state index in [1.54, 1.807) is 11.0 Å². The molecule has 3 heteroatoms. The van der Waals surface area contributed by atoms with Crippen LogP contribution in [0.5, 0.6) is 0 Å². The second kappa shape index (κ2) is 8.74. The summed E-state index contributed by atoms with van der Waals surface area (Å²) in [5, 5.41) is 0. The first-order chi connectivity index (χ1) is 10.7. The number of hydrogen-bond acceptors (Lipinski definition) is 2. The fourth-order valence-corrected chi connectivity index (χ4v) is 2.78. The lowest BCUT2D eigenvalue weighted by Gasteiger charge is -2.25. The van der Waals surface area contributed by atoms with E-state index in [9.17, 15) is 4.79 Å². The van der Waals surface area contributed by atoms with Crippen molar-refractivity contribution in [1.29, 1.82) is 0 Å². The Hall–Kier alpha value is -1.61. The minimum Gasteiger partial charge on any atom is -0.378 e. The van der Waals surface area contributed by atoms with E-state index in [0.29, 0.717) is 6.10 Å². The van der Waals surface area contributed by atoms with Crippen LogP contribution < -0.4 is 0 Å². The maximum atomic E-state index is 12.4. The van der Waals surface area contributed by atoms with Crippen LogP contribution >= 0.6 is 0 Å². The SMILES string of the molecule is CC/C(=C\C(=O)N(C)CCC1CCCCO1)c1ccccc1. The predicted octanol–water partition coefficient (Wildman–Crippen LogP) is 3.90. The number of amides is 1. The van der Waals surface area contributed by atoms with Gasteiger partial charge in [0.05, 0.1) is 6.10 Å². The van der Waals surface area contributed by atoms with E-state index in [1.165, 1.54) is 12.8 Å². The number of allylic oxidation sites excluding steroid dienone is 1. The Morgan fingerprint density at radius 1 is 1.32 bits per heavy atom. The minimum absolute atomic E-state index is 0.0801. The van der Waals surface area contributed by atoms with Crippen molar-refractivity contribution in [2.45, 2.75) is 45.1 Å². The third-order valence-corrected chi connectivity index (χ3v) is 4.26. The molecule has 120 valence electrons. The van der Waals surface area contributed by atoms with Gasteiger partial charge in [-0.25, -0.2) is 0 Å². The van der Waals surface area contributed by atoms with E-state index in [0.717, 1.165) is 43.6 Å². The lowest BCUT2D eigenvalue weighted by molar-refractivity contribution is -0.125. The molecule has 0 aliphatic carbocycles. The molecule has 0 aromatic heterocycles. The molecular formula is C19H27NO2. The lowest BCUT2D eigenvalue weighted by Crippen LogP contribution is -2.30. The molecule has 3 nitrogen and oxygen atoms in total. The standard InChI is InChI=1S/C19H27NO2/c1-3-16(17-9-5-4-6-10-17)15-19(21)20(2)13-12-18-11-7-8-14-22-18/h4-6,9-10,15,18H,3,7-8,11-14H2,1-2H3/b16-15+. The molecule has 1 fully saturated rings. The van der Waals surface area contributed by atoms with Crippen molar-refractivity contribution in [1.82, 2.24) is 4.90 Å². The largest absolute Gasteiger partial charge is 0.378 e. The van der Waals surface area contributed by atoms with Crippen molar-refractivity contribution in [2.24, 2.45) is 0 Å². The van der Waals surface area contributed by atoms with Crippen LogP contribution in [0.4, 0.5) is 0 Å². The van der Waals surface area contributed by atoms with Crippen LogP contribution in [0.3, 0.4) is 0 Å². The zero-order valence-corrected chi connectivity index (χ0v) is 13.8. The van der Waals surface area contributed by atoms with Gasteiger partial charge in [-0.2, -0.15) is 0 Å². The van der Waals surface area contributed by atoms with E-state index in [4.69, 9.17) is 4.74 Å². The molecule has 1 aromatic carbocycles. The van der Waals surface area contributed by atoms with Crippen LogP contribution in [-0.2, 0) is 9.53 Å². The van der Waals surface area contributed by atoms with Gasteiger partial charge in [0.1, 0.15) is 0 Å². The summed E-state index contributed by atoms with van der Waals surface area (Å²) >= 11 is 0. The van der Waals surface area contributed by atoms with Crippen molar-refractivity contribution in [2.75, 3.05) is 20.2 Å². The van der Waals surface area contributed by atoms with Crippen molar-refractivity contribution >= 4 is 11.5 Å². The predicted molar refractivity (Wildman–Crippen MR) is 90.6 cm³/mol. The highest BCUT2D eigenvalue weighted by Crippen LogP contribution is 2.18. The maximum Gasteiger partial charge on any atom is 0.246 e. The van der Waals surface area contributed by atoms with Crippen LogP contribution in [0.15, 0.2) is 36.4 Å². The highest BCUT2D eigenvalue weighted by Gasteiger charge is 2.16. The van der Waals surface area contributed by atoms with Gasteiger partial charge in [0.25, 0.3) is 0 Å². The third kappa shape index (κ3) is 4.99. The lowest BCUT2D eigenvalue weighted by atomic mass is 10.0. The Kier molecular flexibility index (Phi) is 6.66. The number of carbonyl (C=O) groups excluding carboxylic acids is 1. The van der Waals surface area contributed by atoms with Crippen LogP contribution in [-0.4, -0.2) is 37.1 Å². The van der Waals surface area contributed by atoms with E-state index >= 15 is 0 Å².